The van der Waals surface area contributed by atoms with Gasteiger partial charge in [-0.2, -0.15) is 0 Å². The molecule has 1 N–H and O–H groups in total. The molecule has 0 bridgehead atoms. The molecule has 76 valence electrons. The van der Waals surface area contributed by atoms with Crippen LogP contribution in [0.1, 0.15) is 22.5 Å². The van der Waals surface area contributed by atoms with Crippen molar-refractivity contribution in [2.24, 2.45) is 0 Å². The van der Waals surface area contributed by atoms with E-state index in [-0.39, 0.29) is 5.69 Å². The molecule has 7 heteroatoms. The third-order valence-electron chi connectivity index (χ3n) is 1.48. The Morgan fingerprint density at radius 3 is 2.50 bits per heavy atom. The number of pyridine rings is 1. The Labute approximate surface area is 86.6 Å². The van der Waals surface area contributed by atoms with Gasteiger partial charge in [-0.15, -0.1) is 0 Å². The summed E-state index contributed by atoms with van der Waals surface area (Å²) in [4.78, 5) is 23.8. The quantitative estimate of drug-likeness (QED) is 0.809. The van der Waals surface area contributed by atoms with Gasteiger partial charge in [0, 0.05) is 6.20 Å². The molecular formula is C7H3Cl2F2NO2. The van der Waals surface area contributed by atoms with Crippen LogP contribution in [0.4, 0.5) is 8.78 Å². The topological polar surface area (TPSA) is 49.9 Å². The van der Waals surface area contributed by atoms with Crippen LogP contribution in [0, 0.1) is 0 Å². The standard InChI is InChI=1S/C7H3Cl2F2NO2/c8-3-4(6(9)14)12-1-2(5(3)13)7(10)11/h1,7H,(H,12,13). The van der Waals surface area contributed by atoms with E-state index in [9.17, 15) is 18.4 Å². The van der Waals surface area contributed by atoms with E-state index in [0.29, 0.717) is 6.20 Å². The number of hydrogen-bond acceptors (Lipinski definition) is 2. The zero-order chi connectivity index (χ0) is 10.9. The molecule has 0 aliphatic carbocycles. The summed E-state index contributed by atoms with van der Waals surface area (Å²) < 4.78 is 24.3. The Balaban J connectivity index is 3.42. The van der Waals surface area contributed by atoms with Crippen LogP contribution >= 0.6 is 23.2 Å². The number of nitrogens with one attached hydrogen (secondary N) is 1. The number of hydrogen-bond donors (Lipinski definition) is 1. The predicted molar refractivity (Wildman–Crippen MR) is 47.2 cm³/mol. The van der Waals surface area contributed by atoms with Gasteiger partial charge in [-0.3, -0.25) is 9.59 Å². The van der Waals surface area contributed by atoms with Gasteiger partial charge < -0.3 is 4.98 Å². The molecule has 0 aliphatic heterocycles. The summed E-state index contributed by atoms with van der Waals surface area (Å²) in [6, 6.07) is 0. The van der Waals surface area contributed by atoms with Gasteiger partial charge in [0.2, 0.25) is 5.43 Å². The largest absolute Gasteiger partial charge is 0.356 e. The first kappa shape index (κ1) is 11.1. The molecule has 0 radical (unpaired) electrons. The molecule has 1 rings (SSSR count). The fourth-order valence-corrected chi connectivity index (χ4v) is 1.27. The minimum atomic E-state index is -2.95. The second kappa shape index (κ2) is 4.06. The molecule has 0 aromatic carbocycles. The van der Waals surface area contributed by atoms with Gasteiger partial charge in [0.15, 0.2) is 0 Å². The summed E-state index contributed by atoms with van der Waals surface area (Å²) in [5.74, 6) is 0. The number of aromatic amines is 1. The van der Waals surface area contributed by atoms with Crippen LogP contribution in [0.25, 0.3) is 0 Å². The van der Waals surface area contributed by atoms with Crippen molar-refractivity contribution in [1.82, 2.24) is 4.98 Å². The van der Waals surface area contributed by atoms with E-state index in [4.69, 9.17) is 23.2 Å². The molecule has 3 nitrogen and oxygen atoms in total. The third-order valence-corrected chi connectivity index (χ3v) is 2.03. The van der Waals surface area contributed by atoms with E-state index in [1.807, 2.05) is 0 Å². The minimum absolute atomic E-state index is 0.386. The molecule has 0 saturated heterocycles. The number of halogens is 4. The lowest BCUT2D eigenvalue weighted by molar-refractivity contribution is 0.107. The smallest absolute Gasteiger partial charge is 0.270 e. The summed E-state index contributed by atoms with van der Waals surface area (Å²) >= 11 is 10.4. The van der Waals surface area contributed by atoms with Crippen LogP contribution in [0.15, 0.2) is 11.0 Å². The number of H-pyrrole nitrogens is 1. The monoisotopic (exact) mass is 241 g/mol. The average Bonchev–Trinajstić information content (AvgIpc) is 2.08. The second-order valence-electron chi connectivity index (χ2n) is 2.34. The van der Waals surface area contributed by atoms with Crippen molar-refractivity contribution >= 4 is 28.4 Å². The lowest BCUT2D eigenvalue weighted by Gasteiger charge is -2.01. The lowest BCUT2D eigenvalue weighted by atomic mass is 10.2. The first-order valence-electron chi connectivity index (χ1n) is 3.34. The highest BCUT2D eigenvalue weighted by Crippen LogP contribution is 2.18. The molecule has 0 aliphatic rings. The molecule has 1 heterocycles. The first-order valence-corrected chi connectivity index (χ1v) is 4.09. The highest BCUT2D eigenvalue weighted by atomic mass is 35.5. The maximum Gasteiger partial charge on any atom is 0.270 e. The Hall–Kier alpha value is -0.940. The lowest BCUT2D eigenvalue weighted by Crippen LogP contribution is -2.14. The van der Waals surface area contributed by atoms with Crippen LogP contribution in [-0.2, 0) is 0 Å². The maximum atomic E-state index is 12.1. The Morgan fingerprint density at radius 2 is 2.07 bits per heavy atom. The van der Waals surface area contributed by atoms with Crippen LogP contribution in [0.2, 0.25) is 5.02 Å². The van der Waals surface area contributed by atoms with Crippen molar-refractivity contribution < 1.29 is 13.6 Å². The third kappa shape index (κ3) is 1.93. The van der Waals surface area contributed by atoms with E-state index in [1.165, 1.54) is 0 Å². The van der Waals surface area contributed by atoms with Crippen molar-refractivity contribution in [1.29, 1.82) is 0 Å². The first-order chi connectivity index (χ1) is 6.45. The minimum Gasteiger partial charge on any atom is -0.356 e. The molecule has 0 saturated carbocycles. The SMILES string of the molecule is O=C(Cl)c1[nH]cc(C(F)F)c(=O)c1Cl. The van der Waals surface area contributed by atoms with E-state index in [0.717, 1.165) is 0 Å². The zero-order valence-corrected chi connectivity index (χ0v) is 7.99. The number of rotatable bonds is 2. The van der Waals surface area contributed by atoms with Crippen LogP contribution in [-0.4, -0.2) is 10.2 Å². The Kier molecular flexibility index (Phi) is 3.23. The summed E-state index contributed by atoms with van der Waals surface area (Å²) in [6.07, 6.45) is -2.23. The van der Waals surface area contributed by atoms with Gasteiger partial charge in [0.25, 0.3) is 11.7 Å². The number of carbonyl (C=O) groups is 1. The van der Waals surface area contributed by atoms with Crippen molar-refractivity contribution in [2.45, 2.75) is 6.43 Å². The molecule has 0 unspecified atom stereocenters. The van der Waals surface area contributed by atoms with E-state index < -0.39 is 27.7 Å². The molecule has 0 atom stereocenters. The molecular weight excluding hydrogens is 239 g/mol. The van der Waals surface area contributed by atoms with Gasteiger partial charge >= 0.3 is 0 Å². The number of alkyl halides is 2. The molecule has 1 aromatic heterocycles. The Bertz CT molecular complexity index is 430. The number of carbonyl (C=O) groups excluding carboxylic acids is 1. The molecule has 0 fully saturated rings. The zero-order valence-electron chi connectivity index (χ0n) is 6.48. The number of aromatic nitrogens is 1. The molecule has 0 amide bonds. The van der Waals surface area contributed by atoms with E-state index >= 15 is 0 Å². The van der Waals surface area contributed by atoms with Gasteiger partial charge in [-0.25, -0.2) is 8.78 Å². The fraction of sp³-hybridized carbons (Fsp3) is 0.143. The normalized spacial score (nSPS) is 10.6. The average molecular weight is 242 g/mol. The van der Waals surface area contributed by atoms with E-state index in [2.05, 4.69) is 4.98 Å². The van der Waals surface area contributed by atoms with Crippen LogP contribution in [0.5, 0.6) is 0 Å². The van der Waals surface area contributed by atoms with E-state index in [1.54, 1.807) is 0 Å². The molecule has 1 aromatic rings. The van der Waals surface area contributed by atoms with Crippen molar-refractivity contribution in [3.63, 3.8) is 0 Å². The molecule has 0 spiro atoms. The second-order valence-corrected chi connectivity index (χ2v) is 3.06. The van der Waals surface area contributed by atoms with Crippen molar-refractivity contribution in [3.05, 3.63) is 32.7 Å². The van der Waals surface area contributed by atoms with Gasteiger partial charge in [0.1, 0.15) is 10.7 Å². The van der Waals surface area contributed by atoms with Crippen molar-refractivity contribution in [2.75, 3.05) is 0 Å². The summed E-state index contributed by atoms with van der Waals surface area (Å²) in [5, 5.41) is -1.63. The highest BCUT2D eigenvalue weighted by molar-refractivity contribution is 6.68. The fourth-order valence-electron chi connectivity index (χ4n) is 0.824. The van der Waals surface area contributed by atoms with Gasteiger partial charge in [-0.05, 0) is 11.6 Å². The summed E-state index contributed by atoms with van der Waals surface area (Å²) in [5.41, 5.74) is -2.27. The van der Waals surface area contributed by atoms with Crippen molar-refractivity contribution in [3.8, 4) is 0 Å². The highest BCUT2D eigenvalue weighted by Gasteiger charge is 2.18. The van der Waals surface area contributed by atoms with Gasteiger partial charge in [-0.1, -0.05) is 11.6 Å². The van der Waals surface area contributed by atoms with Crippen LogP contribution < -0.4 is 5.43 Å². The van der Waals surface area contributed by atoms with Gasteiger partial charge in [0.05, 0.1) is 5.56 Å². The summed E-state index contributed by atoms with van der Waals surface area (Å²) in [6.45, 7) is 0. The predicted octanol–water partition coefficient (Wildman–Crippen LogP) is 2.34. The molecule has 14 heavy (non-hydrogen) atoms. The maximum absolute atomic E-state index is 12.1. The summed E-state index contributed by atoms with van der Waals surface area (Å²) in [7, 11) is 0. The van der Waals surface area contributed by atoms with Crippen LogP contribution in [0.3, 0.4) is 0 Å². The Morgan fingerprint density at radius 1 is 1.50 bits per heavy atom.